The Kier molecular flexibility index (Phi) is 5.84. The molecule has 1 aliphatic heterocycles. The van der Waals surface area contributed by atoms with Crippen molar-refractivity contribution in [2.24, 2.45) is 0 Å². The lowest BCUT2D eigenvalue weighted by molar-refractivity contribution is -0.0504. The zero-order chi connectivity index (χ0) is 20.3. The Labute approximate surface area is 158 Å². The van der Waals surface area contributed by atoms with Crippen LogP contribution in [0.5, 0.6) is 5.75 Å². The number of rotatable bonds is 5. The molecule has 1 heterocycles. The molecule has 2 aromatic carbocycles. The molecule has 0 bridgehead atoms. The second kappa shape index (κ2) is 8.30. The minimum absolute atomic E-state index is 0.0325. The molecular formula is C19H16F3NO5. The number of aromatic carboxylic acids is 1. The fraction of sp³-hybridized carbons (Fsp3) is 0.263. The highest BCUT2D eigenvalue weighted by atomic mass is 19.3. The number of carbonyl (C=O) groups excluding carboxylic acids is 1. The molecule has 1 N–H and O–H groups in total. The highest BCUT2D eigenvalue weighted by Crippen LogP contribution is 2.27. The average Bonchev–Trinajstić information content (AvgIpc) is 2.67. The summed E-state index contributed by atoms with van der Waals surface area (Å²) in [5.74, 6) is -2.87. The van der Waals surface area contributed by atoms with Crippen LogP contribution in [0.25, 0.3) is 0 Å². The summed E-state index contributed by atoms with van der Waals surface area (Å²) in [6, 6.07) is 9.03. The molecule has 2 aromatic rings. The van der Waals surface area contributed by atoms with Crippen LogP contribution in [0.3, 0.4) is 0 Å². The van der Waals surface area contributed by atoms with Gasteiger partial charge in [-0.3, -0.25) is 4.79 Å². The number of alkyl halides is 2. The van der Waals surface area contributed by atoms with E-state index in [1.165, 1.54) is 23.1 Å². The number of hydrogen-bond acceptors (Lipinski definition) is 4. The van der Waals surface area contributed by atoms with Gasteiger partial charge < -0.3 is 19.5 Å². The third kappa shape index (κ3) is 4.42. The van der Waals surface area contributed by atoms with Gasteiger partial charge in [0.05, 0.1) is 24.3 Å². The maximum atomic E-state index is 14.2. The Morgan fingerprint density at radius 1 is 1.21 bits per heavy atom. The lowest BCUT2D eigenvalue weighted by Crippen LogP contribution is -2.42. The third-order valence-corrected chi connectivity index (χ3v) is 4.26. The summed E-state index contributed by atoms with van der Waals surface area (Å²) in [7, 11) is 0. The number of morpholine rings is 1. The van der Waals surface area contributed by atoms with E-state index in [-0.39, 0.29) is 36.6 Å². The molecule has 0 saturated carbocycles. The van der Waals surface area contributed by atoms with Crippen LogP contribution in [-0.2, 0) is 4.74 Å². The predicted molar refractivity (Wildman–Crippen MR) is 91.0 cm³/mol. The Morgan fingerprint density at radius 3 is 2.68 bits per heavy atom. The van der Waals surface area contributed by atoms with Gasteiger partial charge in [0.15, 0.2) is 0 Å². The van der Waals surface area contributed by atoms with Crippen LogP contribution in [0.1, 0.15) is 32.4 Å². The van der Waals surface area contributed by atoms with Gasteiger partial charge in [-0.25, -0.2) is 9.18 Å². The SMILES string of the molecule is O=C(O)c1ccc(C(=O)N2CCOC(c3cccc(OC(F)F)c3)C2)c(F)c1. The van der Waals surface area contributed by atoms with Gasteiger partial charge in [0.2, 0.25) is 0 Å². The van der Waals surface area contributed by atoms with Crippen molar-refractivity contribution in [3.8, 4) is 5.75 Å². The number of hydrogen-bond donors (Lipinski definition) is 1. The van der Waals surface area contributed by atoms with Crippen molar-refractivity contribution in [3.05, 3.63) is 65.0 Å². The van der Waals surface area contributed by atoms with Gasteiger partial charge in [-0.15, -0.1) is 0 Å². The minimum atomic E-state index is -2.96. The monoisotopic (exact) mass is 395 g/mol. The summed E-state index contributed by atoms with van der Waals surface area (Å²) in [6.45, 7) is -2.50. The first-order valence-electron chi connectivity index (χ1n) is 8.33. The van der Waals surface area contributed by atoms with Crippen LogP contribution in [0, 0.1) is 5.82 Å². The average molecular weight is 395 g/mol. The summed E-state index contributed by atoms with van der Waals surface area (Å²) in [5, 5.41) is 8.89. The number of carboxylic acids is 1. The smallest absolute Gasteiger partial charge is 0.387 e. The van der Waals surface area contributed by atoms with E-state index in [0.717, 1.165) is 18.2 Å². The lowest BCUT2D eigenvalue weighted by Gasteiger charge is -2.33. The maximum absolute atomic E-state index is 14.2. The van der Waals surface area contributed by atoms with E-state index >= 15 is 0 Å². The number of benzene rings is 2. The molecule has 28 heavy (non-hydrogen) atoms. The van der Waals surface area contributed by atoms with Gasteiger partial charge in [0, 0.05) is 6.54 Å². The van der Waals surface area contributed by atoms with E-state index in [1.54, 1.807) is 6.07 Å². The topological polar surface area (TPSA) is 76.1 Å². The molecule has 148 valence electrons. The summed E-state index contributed by atoms with van der Waals surface area (Å²) < 4.78 is 48.9. The molecule has 9 heteroatoms. The van der Waals surface area contributed by atoms with E-state index in [4.69, 9.17) is 9.84 Å². The molecular weight excluding hydrogens is 379 g/mol. The Bertz CT molecular complexity index is 890. The molecule has 0 radical (unpaired) electrons. The summed E-state index contributed by atoms with van der Waals surface area (Å²) in [4.78, 5) is 24.9. The lowest BCUT2D eigenvalue weighted by atomic mass is 10.1. The van der Waals surface area contributed by atoms with Gasteiger partial charge in [-0.05, 0) is 35.9 Å². The molecule has 1 atom stereocenters. The van der Waals surface area contributed by atoms with Crippen molar-refractivity contribution in [2.75, 3.05) is 19.7 Å². The quantitative estimate of drug-likeness (QED) is 0.841. The number of carbonyl (C=O) groups is 2. The van der Waals surface area contributed by atoms with E-state index in [0.29, 0.717) is 5.56 Å². The molecule has 0 spiro atoms. The van der Waals surface area contributed by atoms with Crippen molar-refractivity contribution in [1.29, 1.82) is 0 Å². The van der Waals surface area contributed by atoms with Gasteiger partial charge >= 0.3 is 12.6 Å². The standard InChI is InChI=1S/C19H16F3NO5/c20-15-9-12(18(25)26)4-5-14(15)17(24)23-6-7-27-16(10-23)11-2-1-3-13(8-11)28-19(21)22/h1-5,8-9,16,19H,6-7,10H2,(H,25,26). The second-order valence-corrected chi connectivity index (χ2v) is 6.06. The highest BCUT2D eigenvalue weighted by Gasteiger charge is 2.28. The summed E-state index contributed by atoms with van der Waals surface area (Å²) >= 11 is 0. The first-order valence-corrected chi connectivity index (χ1v) is 8.33. The fourth-order valence-corrected chi connectivity index (χ4v) is 2.92. The highest BCUT2D eigenvalue weighted by molar-refractivity contribution is 5.96. The third-order valence-electron chi connectivity index (χ3n) is 4.26. The van der Waals surface area contributed by atoms with E-state index in [2.05, 4.69) is 4.74 Å². The Hall–Kier alpha value is -3.07. The van der Waals surface area contributed by atoms with Crippen molar-refractivity contribution < 1.29 is 37.3 Å². The summed E-state index contributed by atoms with van der Waals surface area (Å²) in [6.07, 6.45) is -0.597. The number of carboxylic acid groups (broad SMARTS) is 1. The van der Waals surface area contributed by atoms with E-state index in [9.17, 15) is 22.8 Å². The Balaban J connectivity index is 1.76. The van der Waals surface area contributed by atoms with Crippen molar-refractivity contribution >= 4 is 11.9 Å². The molecule has 1 saturated heterocycles. The van der Waals surface area contributed by atoms with Crippen molar-refractivity contribution in [3.63, 3.8) is 0 Å². The number of ether oxygens (including phenoxy) is 2. The van der Waals surface area contributed by atoms with Crippen molar-refractivity contribution in [2.45, 2.75) is 12.7 Å². The minimum Gasteiger partial charge on any atom is -0.478 e. The van der Waals surface area contributed by atoms with Crippen LogP contribution in [-0.4, -0.2) is 48.2 Å². The normalized spacial score (nSPS) is 16.9. The molecule has 1 amide bonds. The van der Waals surface area contributed by atoms with Gasteiger partial charge in [-0.2, -0.15) is 8.78 Å². The molecule has 1 aliphatic rings. The first-order chi connectivity index (χ1) is 13.3. The van der Waals surface area contributed by atoms with E-state index in [1.807, 2.05) is 0 Å². The maximum Gasteiger partial charge on any atom is 0.387 e. The van der Waals surface area contributed by atoms with E-state index < -0.39 is 30.4 Å². The fourth-order valence-electron chi connectivity index (χ4n) is 2.92. The molecule has 0 aromatic heterocycles. The van der Waals surface area contributed by atoms with Gasteiger partial charge in [0.25, 0.3) is 5.91 Å². The number of amides is 1. The molecule has 3 rings (SSSR count). The van der Waals surface area contributed by atoms with Gasteiger partial charge in [-0.1, -0.05) is 12.1 Å². The van der Waals surface area contributed by atoms with Crippen LogP contribution in [0.15, 0.2) is 42.5 Å². The van der Waals surface area contributed by atoms with Crippen molar-refractivity contribution in [1.82, 2.24) is 4.90 Å². The van der Waals surface area contributed by atoms with Crippen LogP contribution in [0.4, 0.5) is 13.2 Å². The molecule has 1 fully saturated rings. The largest absolute Gasteiger partial charge is 0.478 e. The first kappa shape index (κ1) is 19.7. The van der Waals surface area contributed by atoms with Crippen LogP contribution in [0.2, 0.25) is 0 Å². The van der Waals surface area contributed by atoms with Crippen LogP contribution >= 0.6 is 0 Å². The summed E-state index contributed by atoms with van der Waals surface area (Å²) in [5.41, 5.74) is 0.0301. The van der Waals surface area contributed by atoms with Gasteiger partial charge in [0.1, 0.15) is 17.7 Å². The molecule has 1 unspecified atom stereocenters. The number of nitrogens with zero attached hydrogens (tertiary/aromatic N) is 1. The molecule has 6 nitrogen and oxygen atoms in total. The zero-order valence-corrected chi connectivity index (χ0v) is 14.5. The zero-order valence-electron chi connectivity index (χ0n) is 14.5. The van der Waals surface area contributed by atoms with Crippen LogP contribution < -0.4 is 4.74 Å². The predicted octanol–water partition coefficient (Wildman–Crippen LogP) is 3.34. The second-order valence-electron chi connectivity index (χ2n) is 6.06. The number of halogens is 3. The molecule has 0 aliphatic carbocycles. The Morgan fingerprint density at radius 2 is 2.00 bits per heavy atom.